The Bertz CT molecular complexity index is 1140. The van der Waals surface area contributed by atoms with Crippen molar-refractivity contribution in [2.24, 2.45) is 0 Å². The van der Waals surface area contributed by atoms with Crippen molar-refractivity contribution < 1.29 is 23.1 Å². The van der Waals surface area contributed by atoms with E-state index in [-0.39, 0.29) is 27.8 Å². The van der Waals surface area contributed by atoms with E-state index in [1.807, 2.05) is 0 Å². The molecule has 1 aromatic carbocycles. The lowest BCUT2D eigenvalue weighted by molar-refractivity contribution is -0.141. The summed E-state index contributed by atoms with van der Waals surface area (Å²) in [5.41, 5.74) is -1.23. The SMILES string of the molecule is CNC(=O)c1cc(Br)cc(Br)c1NC(O)c1cc(C(F)(F)F)nn1-c1ncccc1Cl. The summed E-state index contributed by atoms with van der Waals surface area (Å²) in [5.74, 6) is -0.578. The molecule has 0 radical (unpaired) electrons. The number of rotatable bonds is 5. The molecule has 3 aromatic rings. The molecule has 2 heterocycles. The number of nitrogens with zero attached hydrogens (tertiary/aromatic N) is 3. The van der Waals surface area contributed by atoms with Crippen LogP contribution in [0.1, 0.15) is 28.0 Å². The number of alkyl halides is 3. The Morgan fingerprint density at radius 3 is 2.61 bits per heavy atom. The van der Waals surface area contributed by atoms with Gasteiger partial charge in [-0.05, 0) is 46.3 Å². The van der Waals surface area contributed by atoms with Gasteiger partial charge in [-0.2, -0.15) is 18.3 Å². The number of aromatic nitrogens is 3. The van der Waals surface area contributed by atoms with Crippen LogP contribution in [0.4, 0.5) is 18.9 Å². The summed E-state index contributed by atoms with van der Waals surface area (Å²) < 4.78 is 41.7. The van der Waals surface area contributed by atoms with Crippen LogP contribution in [0.3, 0.4) is 0 Å². The fourth-order valence-corrected chi connectivity index (χ4v) is 4.22. The quantitative estimate of drug-likeness (QED) is 0.371. The molecule has 3 N–H and O–H groups in total. The second-order valence-electron chi connectivity index (χ2n) is 6.11. The number of hydrogen-bond donors (Lipinski definition) is 3. The minimum absolute atomic E-state index is 0.0312. The van der Waals surface area contributed by atoms with Crippen LogP contribution in [0.15, 0.2) is 45.5 Å². The van der Waals surface area contributed by atoms with Gasteiger partial charge < -0.3 is 15.7 Å². The zero-order valence-electron chi connectivity index (χ0n) is 15.5. The molecule has 0 saturated carbocycles. The molecule has 0 saturated heterocycles. The highest BCUT2D eigenvalue weighted by Crippen LogP contribution is 2.35. The number of halogens is 6. The predicted molar refractivity (Wildman–Crippen MR) is 115 cm³/mol. The summed E-state index contributed by atoms with van der Waals surface area (Å²) in [7, 11) is 1.42. The largest absolute Gasteiger partial charge is 0.435 e. The first-order valence-electron chi connectivity index (χ1n) is 8.46. The Labute approximate surface area is 195 Å². The van der Waals surface area contributed by atoms with Crippen molar-refractivity contribution in [1.29, 1.82) is 0 Å². The number of hydrogen-bond acceptors (Lipinski definition) is 5. The number of aliphatic hydroxyl groups is 1. The highest BCUT2D eigenvalue weighted by Gasteiger charge is 2.36. The molecule has 2 aromatic heterocycles. The average Bonchev–Trinajstić information content (AvgIpc) is 3.15. The third-order valence-corrected chi connectivity index (χ3v) is 5.43. The average molecular weight is 584 g/mol. The Hall–Kier alpha value is -2.15. The van der Waals surface area contributed by atoms with Gasteiger partial charge in [0.05, 0.1) is 22.0 Å². The van der Waals surface area contributed by atoms with E-state index >= 15 is 0 Å². The number of nitrogens with one attached hydrogen (secondary N) is 2. The Morgan fingerprint density at radius 2 is 2.00 bits per heavy atom. The van der Waals surface area contributed by atoms with Crippen LogP contribution in [0.2, 0.25) is 5.02 Å². The topological polar surface area (TPSA) is 92.1 Å². The molecule has 1 unspecified atom stereocenters. The molecule has 1 amide bonds. The number of carbonyl (C=O) groups excluding carboxylic acids is 1. The molecule has 1 atom stereocenters. The van der Waals surface area contributed by atoms with E-state index in [0.29, 0.717) is 15.0 Å². The van der Waals surface area contributed by atoms with E-state index in [2.05, 4.69) is 52.6 Å². The van der Waals surface area contributed by atoms with E-state index in [4.69, 9.17) is 11.6 Å². The van der Waals surface area contributed by atoms with Crippen LogP contribution in [-0.4, -0.2) is 32.8 Å². The number of carbonyl (C=O) groups is 1. The Balaban J connectivity index is 2.11. The lowest BCUT2D eigenvalue weighted by atomic mass is 10.1. The maximum Gasteiger partial charge on any atom is 0.435 e. The van der Waals surface area contributed by atoms with E-state index < -0.39 is 24.0 Å². The Morgan fingerprint density at radius 1 is 1.29 bits per heavy atom. The van der Waals surface area contributed by atoms with Crippen LogP contribution in [0, 0.1) is 0 Å². The molecule has 0 spiro atoms. The normalized spacial score (nSPS) is 12.5. The van der Waals surface area contributed by atoms with Crippen LogP contribution in [-0.2, 0) is 6.18 Å². The predicted octanol–water partition coefficient (Wildman–Crippen LogP) is 4.93. The summed E-state index contributed by atoms with van der Waals surface area (Å²) in [5, 5.41) is 19.5. The van der Waals surface area contributed by atoms with Crippen molar-refractivity contribution in [3.63, 3.8) is 0 Å². The van der Waals surface area contributed by atoms with Gasteiger partial charge in [-0.25, -0.2) is 9.67 Å². The second kappa shape index (κ2) is 9.15. The van der Waals surface area contributed by atoms with Crippen molar-refractivity contribution in [2.75, 3.05) is 12.4 Å². The number of amides is 1. The van der Waals surface area contributed by atoms with Gasteiger partial charge in [0.15, 0.2) is 17.7 Å². The molecular weight excluding hydrogens is 570 g/mol. The van der Waals surface area contributed by atoms with Gasteiger partial charge in [-0.1, -0.05) is 27.5 Å². The molecule has 0 aliphatic heterocycles. The third kappa shape index (κ3) is 5.03. The molecule has 0 aliphatic carbocycles. The first kappa shape index (κ1) is 23.5. The molecule has 0 aliphatic rings. The molecular formula is C18H13Br2ClF3N5O2. The highest BCUT2D eigenvalue weighted by atomic mass is 79.9. The van der Waals surface area contributed by atoms with Crippen molar-refractivity contribution in [3.05, 3.63) is 67.4 Å². The minimum Gasteiger partial charge on any atom is -0.368 e. The van der Waals surface area contributed by atoms with Gasteiger partial charge >= 0.3 is 6.18 Å². The zero-order valence-corrected chi connectivity index (χ0v) is 19.4. The van der Waals surface area contributed by atoms with Crippen molar-refractivity contribution in [1.82, 2.24) is 20.1 Å². The maximum absolute atomic E-state index is 13.3. The van der Waals surface area contributed by atoms with Crippen LogP contribution >= 0.6 is 43.5 Å². The second-order valence-corrected chi connectivity index (χ2v) is 8.29. The van der Waals surface area contributed by atoms with Crippen molar-refractivity contribution in [3.8, 4) is 5.82 Å². The highest BCUT2D eigenvalue weighted by molar-refractivity contribution is 9.11. The molecule has 7 nitrogen and oxygen atoms in total. The monoisotopic (exact) mass is 581 g/mol. The van der Waals surface area contributed by atoms with E-state index in [9.17, 15) is 23.1 Å². The Kier molecular flexibility index (Phi) is 6.94. The van der Waals surface area contributed by atoms with E-state index in [0.717, 1.165) is 4.68 Å². The van der Waals surface area contributed by atoms with Crippen molar-refractivity contribution in [2.45, 2.75) is 12.4 Å². The van der Waals surface area contributed by atoms with Crippen LogP contribution in [0.25, 0.3) is 5.82 Å². The third-order valence-electron chi connectivity index (χ3n) is 4.05. The summed E-state index contributed by atoms with van der Waals surface area (Å²) in [4.78, 5) is 16.2. The molecule has 3 rings (SSSR count). The first-order valence-corrected chi connectivity index (χ1v) is 10.4. The standard InChI is InChI=1S/C18H13Br2ClF3N5O2/c1-25-16(30)9-5-8(19)6-10(20)14(9)27-17(31)12-7-13(18(22,23)24)28-29(12)15-11(21)3-2-4-26-15/h2-7,17,27,31H,1H3,(H,25,30). The minimum atomic E-state index is -4.77. The summed E-state index contributed by atoms with van der Waals surface area (Å²) in [6, 6.07) is 6.71. The maximum atomic E-state index is 13.3. The summed E-state index contributed by atoms with van der Waals surface area (Å²) >= 11 is 12.6. The fraction of sp³-hybridized carbons (Fsp3) is 0.167. The lowest BCUT2D eigenvalue weighted by Gasteiger charge is -2.19. The van der Waals surface area contributed by atoms with Gasteiger partial charge in [0.25, 0.3) is 5.91 Å². The smallest absolute Gasteiger partial charge is 0.368 e. The van der Waals surface area contributed by atoms with Crippen LogP contribution < -0.4 is 10.6 Å². The van der Waals surface area contributed by atoms with Gasteiger partial charge in [0.2, 0.25) is 0 Å². The van der Waals surface area contributed by atoms with Gasteiger partial charge in [0.1, 0.15) is 0 Å². The van der Waals surface area contributed by atoms with Crippen molar-refractivity contribution >= 4 is 55.1 Å². The van der Waals surface area contributed by atoms with E-state index in [1.54, 1.807) is 6.07 Å². The van der Waals surface area contributed by atoms with E-state index in [1.165, 1.54) is 31.4 Å². The lowest BCUT2D eigenvalue weighted by Crippen LogP contribution is -2.22. The molecule has 0 fully saturated rings. The van der Waals surface area contributed by atoms with Gasteiger partial charge in [-0.3, -0.25) is 4.79 Å². The summed E-state index contributed by atoms with van der Waals surface area (Å²) in [6.07, 6.45) is -5.15. The fourth-order valence-electron chi connectivity index (χ4n) is 2.68. The number of aliphatic hydroxyl groups excluding tert-OH is 1. The van der Waals surface area contributed by atoms with Gasteiger partial charge in [-0.15, -0.1) is 0 Å². The first-order chi connectivity index (χ1) is 14.5. The molecule has 13 heteroatoms. The number of pyridine rings is 1. The zero-order chi connectivity index (χ0) is 22.9. The molecule has 0 bridgehead atoms. The number of benzene rings is 1. The molecule has 31 heavy (non-hydrogen) atoms. The molecule has 164 valence electrons. The van der Waals surface area contributed by atoms with Gasteiger partial charge in [0, 0.05) is 22.2 Å². The number of anilines is 1. The summed E-state index contributed by atoms with van der Waals surface area (Å²) in [6.45, 7) is 0. The van der Waals surface area contributed by atoms with Crippen LogP contribution in [0.5, 0.6) is 0 Å².